The number of ether oxygens (including phenoxy) is 6. The van der Waals surface area contributed by atoms with Gasteiger partial charge in [0.1, 0.15) is 54.6 Å². The van der Waals surface area contributed by atoms with Crippen LogP contribution in [0.25, 0.3) is 21.3 Å². The summed E-state index contributed by atoms with van der Waals surface area (Å²) < 4.78 is 72.0. The molecule has 3 aromatic heterocycles. The first kappa shape index (κ1) is 79.5. The fourth-order valence-electron chi connectivity index (χ4n) is 17.3. The number of benzene rings is 3. The minimum absolute atomic E-state index is 0.0166. The summed E-state index contributed by atoms with van der Waals surface area (Å²) in [6, 6.07) is 20.4. The molecule has 0 radical (unpaired) electrons. The number of amides is 4. The highest BCUT2D eigenvalue weighted by Gasteiger charge is 2.66. The Labute approximate surface area is 632 Å². The van der Waals surface area contributed by atoms with Crippen LogP contribution in [-0.4, -0.2) is 229 Å². The molecule has 4 saturated carbocycles. The molecule has 5 fully saturated rings. The standard InChI is InChI=1S/C75H93N11O21S2/c1-44-50(48-18-19-57(81-61(48)67(94)95)84-25-22-45-11-10-12-49(51(45)34-84)66(93)82-70-80-53-13-7-8-14-56(53)108-70)32-78-86(44)43-74-38-72(2)37-73(3,39-74)41-75(40-72,42-74)105-28-26-83(4)71(98)104-35-46-16-17-47(31-55(46)106-69-64(92)62(90)63(91)65(107-69)68(96)97)103-30-29-102-27-23-77-33-52(76)54(36-109(99,100)101)79-58(87)15-6-5-9-24-85-59(88)20-21-60(85)89/h7-8,10-14,16-21,31-32,54,62-66,69,76-77,90-93H,5-6,9,15,22-30,33-43H2,1-4H3,(H,79,87)(H,80,82)(H,94,95)(H,96,97)(H,99,100,101)/t54-,62-,63-,64+,65-,66?,69+,72?,73?,74?,75?/m0/s1. The molecule has 3 aromatic carbocycles. The Bertz CT molecular complexity index is 4480. The molecule has 4 aliphatic carbocycles. The molecule has 0 spiro atoms. The second-order valence-electron chi connectivity index (χ2n) is 30.2. The zero-order valence-electron chi connectivity index (χ0n) is 61.0. The van der Waals surface area contributed by atoms with E-state index in [9.17, 15) is 72.4 Å². The number of imide groups is 1. The number of nitrogens with one attached hydrogen (secondary N) is 4. The summed E-state index contributed by atoms with van der Waals surface area (Å²) in [5.74, 6) is -4.55. The topological polar surface area (TPSA) is 447 Å². The number of para-hydroxylation sites is 1. The van der Waals surface area contributed by atoms with Gasteiger partial charge < -0.3 is 90.2 Å². The van der Waals surface area contributed by atoms with E-state index in [1.165, 1.54) is 46.6 Å². The second kappa shape index (κ2) is 33.2. The molecule has 3 aliphatic heterocycles. The first-order valence-corrected chi connectivity index (χ1v) is 38.7. The molecule has 4 bridgehead atoms. The van der Waals surface area contributed by atoms with Crippen molar-refractivity contribution in [3.63, 3.8) is 0 Å². The van der Waals surface area contributed by atoms with Gasteiger partial charge in [-0.15, -0.1) is 0 Å². The Morgan fingerprint density at radius 3 is 2.36 bits per heavy atom. The number of pyridine rings is 1. The Morgan fingerprint density at radius 1 is 0.862 bits per heavy atom. The number of likely N-dealkylation sites (N-methyl/N-ethyl adjacent to an activating group) is 1. The number of carbonyl (C=O) groups is 6. The summed E-state index contributed by atoms with van der Waals surface area (Å²) in [5, 5.41) is 86.6. The van der Waals surface area contributed by atoms with Crippen molar-refractivity contribution >= 4 is 84.1 Å². The number of aliphatic hydroxyl groups excluding tert-OH is 4. The molecule has 3 unspecified atom stereocenters. The SMILES string of the molecule is Cc1c(-c2ccc(N3CCc4cccc(C(O)Nc5nc6ccccc6s5)c4C3)nc2C(=O)O)cnn1CC12CC3(C)CC(C)(C1)CC(OCCN(C)C(=O)OCc1ccc(OCCOCCNCC(=N)[C@H](CS(=O)(=O)O)NC(=O)CCCCCN4C(=O)C=CC4=O)cc1O[C@@H]1O[C@H](C(=O)O)[C@@H](O)[C@H](O)[C@H]1O)(C3)C2. The van der Waals surface area contributed by atoms with E-state index >= 15 is 0 Å². The van der Waals surface area contributed by atoms with Crippen LogP contribution < -0.4 is 30.3 Å². The van der Waals surface area contributed by atoms with Gasteiger partial charge in [0.15, 0.2) is 23.2 Å². The molecule has 9 atom stereocenters. The summed E-state index contributed by atoms with van der Waals surface area (Å²) in [5.41, 5.74) is 4.47. The second-order valence-corrected chi connectivity index (χ2v) is 32.7. The van der Waals surface area contributed by atoms with Gasteiger partial charge in [-0.2, -0.15) is 13.5 Å². The molecule has 13 rings (SSSR count). The van der Waals surface area contributed by atoms with Crippen molar-refractivity contribution < 1.29 is 101 Å². The number of aliphatic hydroxyl groups is 4. The number of aliphatic carboxylic acids is 1. The van der Waals surface area contributed by atoms with Crippen molar-refractivity contribution in [2.75, 3.05) is 82.2 Å². The number of nitrogens with zero attached hydrogens (tertiary/aromatic N) is 7. The van der Waals surface area contributed by atoms with E-state index < -0.39 is 107 Å². The van der Waals surface area contributed by atoms with Crippen LogP contribution in [0, 0.1) is 28.6 Å². The molecule has 4 amide bonds. The molecule has 586 valence electrons. The van der Waals surface area contributed by atoms with Crippen LogP contribution in [-0.2, 0) is 74.4 Å². The summed E-state index contributed by atoms with van der Waals surface area (Å²) in [7, 11) is -3.04. The summed E-state index contributed by atoms with van der Waals surface area (Å²) in [6.07, 6.45) is -0.272. The van der Waals surface area contributed by atoms with Crippen molar-refractivity contribution in [3.8, 4) is 22.6 Å². The minimum atomic E-state index is -4.61. The highest BCUT2D eigenvalue weighted by Crippen LogP contribution is 2.72. The van der Waals surface area contributed by atoms with Gasteiger partial charge >= 0.3 is 18.0 Å². The number of hydrogen-bond donors (Lipinski definition) is 11. The van der Waals surface area contributed by atoms with E-state index in [4.69, 9.17) is 43.9 Å². The minimum Gasteiger partial charge on any atom is -0.491 e. The monoisotopic (exact) mass is 1550 g/mol. The van der Waals surface area contributed by atoms with E-state index in [1.54, 1.807) is 13.2 Å². The van der Waals surface area contributed by atoms with E-state index in [1.807, 2.05) is 65.0 Å². The van der Waals surface area contributed by atoms with Crippen molar-refractivity contribution in [3.05, 3.63) is 125 Å². The largest absolute Gasteiger partial charge is 0.491 e. The van der Waals surface area contributed by atoms with Crippen molar-refractivity contribution in [1.29, 1.82) is 5.41 Å². The van der Waals surface area contributed by atoms with Crippen LogP contribution in [0.2, 0.25) is 0 Å². The third-order valence-corrected chi connectivity index (χ3v) is 23.0. The van der Waals surface area contributed by atoms with Gasteiger partial charge in [-0.1, -0.05) is 61.9 Å². The molecule has 109 heavy (non-hydrogen) atoms. The maximum absolute atomic E-state index is 13.8. The van der Waals surface area contributed by atoms with E-state index in [0.29, 0.717) is 73.0 Å². The van der Waals surface area contributed by atoms with Gasteiger partial charge in [0.2, 0.25) is 12.2 Å². The van der Waals surface area contributed by atoms with Crippen molar-refractivity contribution in [2.24, 2.45) is 16.2 Å². The Kier molecular flexibility index (Phi) is 24.2. The molecular weight excluding hydrogens is 1460 g/mol. The maximum atomic E-state index is 13.8. The normalized spacial score (nSPS) is 24.8. The number of carbonyl (C=O) groups excluding carboxylic acids is 4. The van der Waals surface area contributed by atoms with E-state index in [0.717, 1.165) is 70.5 Å². The molecule has 6 aromatic rings. The Balaban J connectivity index is 0.630. The highest BCUT2D eigenvalue weighted by atomic mass is 32.2. The average molecular weight is 1550 g/mol. The number of thiazole rings is 1. The number of unbranched alkanes of at least 4 members (excludes halogenated alkanes) is 2. The molecule has 32 nitrogen and oxygen atoms in total. The van der Waals surface area contributed by atoms with E-state index in [-0.39, 0.29) is 104 Å². The maximum Gasteiger partial charge on any atom is 0.409 e. The van der Waals surface area contributed by atoms with Crippen LogP contribution in [0.15, 0.2) is 91.1 Å². The zero-order chi connectivity index (χ0) is 77.7. The van der Waals surface area contributed by atoms with Crippen LogP contribution in [0.5, 0.6) is 11.5 Å². The number of aromatic nitrogens is 4. The molecule has 34 heteroatoms. The quantitative estimate of drug-likeness (QED) is 0.00731. The zero-order valence-corrected chi connectivity index (χ0v) is 62.6. The number of aromatic carboxylic acids is 1. The summed E-state index contributed by atoms with van der Waals surface area (Å²) in [6.45, 7) is 8.30. The molecule has 11 N–H and O–H groups in total. The first-order valence-electron chi connectivity index (χ1n) is 36.3. The number of anilines is 2. The number of carboxylic acid groups (broad SMARTS) is 2. The average Bonchev–Trinajstić information content (AvgIpc) is 1.10. The third kappa shape index (κ3) is 18.9. The summed E-state index contributed by atoms with van der Waals surface area (Å²) >= 11 is 1.46. The number of rotatable bonds is 36. The van der Waals surface area contributed by atoms with Crippen molar-refractivity contribution in [2.45, 2.75) is 160 Å². The van der Waals surface area contributed by atoms with Crippen LogP contribution in [0.4, 0.5) is 15.7 Å². The lowest BCUT2D eigenvalue weighted by Crippen LogP contribution is -2.64. The Hall–Kier alpha value is -9.07. The van der Waals surface area contributed by atoms with Gasteiger partial charge in [-0.3, -0.25) is 28.5 Å². The lowest BCUT2D eigenvalue weighted by Gasteiger charge is -2.69. The fourth-order valence-corrected chi connectivity index (χ4v) is 18.9. The highest BCUT2D eigenvalue weighted by molar-refractivity contribution is 7.85. The lowest BCUT2D eigenvalue weighted by atomic mass is 9.39. The Morgan fingerprint density at radius 2 is 1.62 bits per heavy atom. The third-order valence-electron chi connectivity index (χ3n) is 21.2. The van der Waals surface area contributed by atoms with Gasteiger partial charge in [0, 0.05) is 111 Å². The van der Waals surface area contributed by atoms with Crippen LogP contribution in [0.1, 0.15) is 123 Å². The van der Waals surface area contributed by atoms with Gasteiger partial charge in [-0.05, 0) is 128 Å². The van der Waals surface area contributed by atoms with Gasteiger partial charge in [-0.25, -0.2) is 24.4 Å². The van der Waals surface area contributed by atoms with Gasteiger partial charge in [0.05, 0.1) is 47.9 Å². The molecule has 7 aliphatic rings. The predicted molar refractivity (Wildman–Crippen MR) is 395 cm³/mol. The first-order chi connectivity index (χ1) is 51.9. The smallest absolute Gasteiger partial charge is 0.409 e. The van der Waals surface area contributed by atoms with E-state index in [2.05, 4.69) is 40.8 Å². The van der Waals surface area contributed by atoms with Crippen LogP contribution >= 0.6 is 11.3 Å². The molecular formula is C75H93N11O21S2. The lowest BCUT2D eigenvalue weighted by molar-refractivity contribution is -0.271. The summed E-state index contributed by atoms with van der Waals surface area (Å²) in [4.78, 5) is 89.3. The molecule has 1 saturated heterocycles. The van der Waals surface area contributed by atoms with Crippen LogP contribution in [0.3, 0.4) is 0 Å². The van der Waals surface area contributed by atoms with Crippen molar-refractivity contribution in [1.82, 2.24) is 40.2 Å². The predicted octanol–water partition coefficient (Wildman–Crippen LogP) is 5.77. The fraction of sp³-hybridized carbons (Fsp3) is 0.520. The number of fused-ring (bicyclic) bond motifs is 2. The number of hydrogen-bond acceptors (Lipinski definition) is 26. The van der Waals surface area contributed by atoms with Gasteiger partial charge in [0.25, 0.3) is 21.9 Å². The number of carboxylic acids is 2. The molecule has 6 heterocycles.